The molecule has 0 spiro atoms. The molecule has 148 valence electrons. The number of carbonyl (C=O) groups is 1. The first-order valence-corrected chi connectivity index (χ1v) is 10.3. The highest BCUT2D eigenvalue weighted by atomic mass is 16.5. The maximum absolute atomic E-state index is 12.4. The highest BCUT2D eigenvalue weighted by Gasteiger charge is 2.29. The van der Waals surface area contributed by atoms with Gasteiger partial charge in [-0.2, -0.15) is 0 Å². The van der Waals surface area contributed by atoms with Crippen LogP contribution in [0.1, 0.15) is 38.5 Å². The molecule has 3 fully saturated rings. The molecule has 7 nitrogen and oxygen atoms in total. The third kappa shape index (κ3) is 4.64. The lowest BCUT2D eigenvalue weighted by Gasteiger charge is -2.25. The van der Waals surface area contributed by atoms with Crippen LogP contribution in [0.5, 0.6) is 5.75 Å². The molecule has 1 N–H and O–H groups in total. The lowest BCUT2D eigenvalue weighted by Crippen LogP contribution is -2.43. The summed E-state index contributed by atoms with van der Waals surface area (Å²) in [4.78, 5) is 21.1. The number of hydrogen-bond donors (Lipinski definition) is 1. The number of ether oxygens (including phenoxy) is 2. The number of aromatic nitrogens is 1. The standard InChI is InChI=1S/C20H30N4O3/c25-20(22-14-16-6-1-4-13-26-16)24-12-8-17(15-24)27-18-7-5-9-21-19(18)23-10-2-3-11-23/h5,7,9,16-17H,1-4,6,8,10-15H2,(H,22,25)/t16-,17+/m1/s1. The van der Waals surface area contributed by atoms with Crippen molar-refractivity contribution in [3.8, 4) is 5.75 Å². The first kappa shape index (κ1) is 18.3. The van der Waals surface area contributed by atoms with Crippen molar-refractivity contribution < 1.29 is 14.3 Å². The zero-order valence-corrected chi connectivity index (χ0v) is 15.9. The van der Waals surface area contributed by atoms with Gasteiger partial charge in [0.25, 0.3) is 0 Å². The Bertz CT molecular complexity index is 629. The molecule has 2 atom stereocenters. The second-order valence-electron chi connectivity index (χ2n) is 7.67. The van der Waals surface area contributed by atoms with Gasteiger partial charge in [-0.15, -0.1) is 0 Å². The highest BCUT2D eigenvalue weighted by molar-refractivity contribution is 5.74. The van der Waals surface area contributed by atoms with Gasteiger partial charge in [0, 0.05) is 45.4 Å². The molecule has 0 aromatic carbocycles. The van der Waals surface area contributed by atoms with E-state index in [1.807, 2.05) is 23.2 Å². The third-order valence-corrected chi connectivity index (χ3v) is 5.64. The molecule has 0 unspecified atom stereocenters. The lowest BCUT2D eigenvalue weighted by molar-refractivity contribution is 0.0178. The molecule has 0 saturated carbocycles. The molecular formula is C20H30N4O3. The first-order chi connectivity index (χ1) is 13.3. The van der Waals surface area contributed by atoms with Crippen LogP contribution in [0, 0.1) is 0 Å². The molecular weight excluding hydrogens is 344 g/mol. The van der Waals surface area contributed by atoms with Gasteiger partial charge in [-0.25, -0.2) is 9.78 Å². The average molecular weight is 374 g/mol. The van der Waals surface area contributed by atoms with Crippen molar-refractivity contribution in [2.45, 2.75) is 50.7 Å². The number of nitrogens with zero attached hydrogens (tertiary/aromatic N) is 3. The third-order valence-electron chi connectivity index (χ3n) is 5.64. The predicted octanol–water partition coefficient (Wildman–Crippen LogP) is 2.41. The summed E-state index contributed by atoms with van der Waals surface area (Å²) in [7, 11) is 0. The van der Waals surface area contributed by atoms with E-state index in [0.29, 0.717) is 13.1 Å². The Kier molecular flexibility index (Phi) is 5.97. The van der Waals surface area contributed by atoms with Gasteiger partial charge in [-0.1, -0.05) is 0 Å². The number of urea groups is 1. The fourth-order valence-electron chi connectivity index (χ4n) is 4.11. The van der Waals surface area contributed by atoms with E-state index in [1.165, 1.54) is 19.3 Å². The summed E-state index contributed by atoms with van der Waals surface area (Å²) in [5.41, 5.74) is 0. The Morgan fingerprint density at radius 2 is 2.11 bits per heavy atom. The molecule has 7 heteroatoms. The van der Waals surface area contributed by atoms with Gasteiger partial charge >= 0.3 is 6.03 Å². The Labute approximate surface area is 161 Å². The summed E-state index contributed by atoms with van der Waals surface area (Å²) >= 11 is 0. The van der Waals surface area contributed by atoms with Crippen molar-refractivity contribution in [1.29, 1.82) is 0 Å². The lowest BCUT2D eigenvalue weighted by atomic mass is 10.1. The Morgan fingerprint density at radius 1 is 1.22 bits per heavy atom. The SMILES string of the molecule is O=C(NC[C@H]1CCCCO1)N1CC[C@H](Oc2cccnc2N2CCCC2)C1. The van der Waals surface area contributed by atoms with Gasteiger partial charge in [-0.05, 0) is 44.2 Å². The van der Waals surface area contributed by atoms with E-state index in [2.05, 4.69) is 15.2 Å². The van der Waals surface area contributed by atoms with Crippen LogP contribution in [0.25, 0.3) is 0 Å². The second-order valence-corrected chi connectivity index (χ2v) is 7.67. The van der Waals surface area contributed by atoms with Crippen LogP contribution in [0.4, 0.5) is 10.6 Å². The van der Waals surface area contributed by atoms with Gasteiger partial charge in [0.05, 0.1) is 12.6 Å². The molecule has 3 saturated heterocycles. The van der Waals surface area contributed by atoms with Crippen molar-refractivity contribution in [2.75, 3.05) is 44.2 Å². The Morgan fingerprint density at radius 3 is 2.93 bits per heavy atom. The van der Waals surface area contributed by atoms with Crippen molar-refractivity contribution in [3.05, 3.63) is 18.3 Å². The minimum absolute atomic E-state index is 0.0128. The Balaban J connectivity index is 1.28. The molecule has 4 rings (SSSR count). The molecule has 0 radical (unpaired) electrons. The van der Waals surface area contributed by atoms with Crippen LogP contribution in [0.2, 0.25) is 0 Å². The van der Waals surface area contributed by atoms with E-state index < -0.39 is 0 Å². The molecule has 4 heterocycles. The van der Waals surface area contributed by atoms with Crippen molar-refractivity contribution in [3.63, 3.8) is 0 Å². The fraction of sp³-hybridized carbons (Fsp3) is 0.700. The van der Waals surface area contributed by atoms with Crippen LogP contribution in [-0.2, 0) is 4.74 Å². The van der Waals surface area contributed by atoms with Crippen LogP contribution >= 0.6 is 0 Å². The van der Waals surface area contributed by atoms with E-state index in [9.17, 15) is 4.79 Å². The van der Waals surface area contributed by atoms with E-state index in [0.717, 1.165) is 57.1 Å². The first-order valence-electron chi connectivity index (χ1n) is 10.3. The van der Waals surface area contributed by atoms with Gasteiger partial charge in [0.1, 0.15) is 6.10 Å². The molecule has 0 bridgehead atoms. The fourth-order valence-corrected chi connectivity index (χ4v) is 4.11. The number of rotatable bonds is 5. The molecule has 3 aliphatic rings. The largest absolute Gasteiger partial charge is 0.485 e. The highest BCUT2D eigenvalue weighted by Crippen LogP contribution is 2.30. The minimum Gasteiger partial charge on any atom is -0.485 e. The van der Waals surface area contributed by atoms with Gasteiger partial charge in [0.2, 0.25) is 0 Å². The second kappa shape index (κ2) is 8.78. The number of pyridine rings is 1. The van der Waals surface area contributed by atoms with Gasteiger partial charge in [0.15, 0.2) is 11.6 Å². The maximum atomic E-state index is 12.4. The van der Waals surface area contributed by atoms with E-state index in [4.69, 9.17) is 9.47 Å². The molecule has 2 amide bonds. The Hall–Kier alpha value is -2.02. The summed E-state index contributed by atoms with van der Waals surface area (Å²) in [5, 5.41) is 3.02. The topological polar surface area (TPSA) is 66.9 Å². The van der Waals surface area contributed by atoms with E-state index in [1.54, 1.807) is 0 Å². The number of anilines is 1. The van der Waals surface area contributed by atoms with Crippen molar-refractivity contribution in [2.24, 2.45) is 0 Å². The molecule has 3 aliphatic heterocycles. The van der Waals surface area contributed by atoms with Crippen LogP contribution < -0.4 is 15.0 Å². The number of hydrogen-bond acceptors (Lipinski definition) is 5. The monoisotopic (exact) mass is 374 g/mol. The summed E-state index contributed by atoms with van der Waals surface area (Å²) in [5.74, 6) is 1.77. The van der Waals surface area contributed by atoms with Gasteiger partial charge < -0.3 is 24.6 Å². The maximum Gasteiger partial charge on any atom is 0.317 e. The zero-order chi connectivity index (χ0) is 18.5. The quantitative estimate of drug-likeness (QED) is 0.857. The summed E-state index contributed by atoms with van der Waals surface area (Å²) in [6, 6.07) is 3.89. The van der Waals surface area contributed by atoms with Crippen LogP contribution in [0.15, 0.2) is 18.3 Å². The van der Waals surface area contributed by atoms with Crippen molar-refractivity contribution >= 4 is 11.8 Å². The predicted molar refractivity (Wildman–Crippen MR) is 103 cm³/mol. The van der Waals surface area contributed by atoms with Crippen LogP contribution in [0.3, 0.4) is 0 Å². The summed E-state index contributed by atoms with van der Waals surface area (Å²) < 4.78 is 11.9. The zero-order valence-electron chi connectivity index (χ0n) is 15.9. The summed E-state index contributed by atoms with van der Waals surface area (Å²) in [6.07, 6.45) is 8.61. The number of likely N-dealkylation sites (tertiary alicyclic amines) is 1. The average Bonchev–Trinajstić information content (AvgIpc) is 3.40. The number of nitrogens with one attached hydrogen (secondary N) is 1. The smallest absolute Gasteiger partial charge is 0.317 e. The number of carbonyl (C=O) groups excluding carboxylic acids is 1. The minimum atomic E-state index is -0.0128. The summed E-state index contributed by atoms with van der Waals surface area (Å²) in [6.45, 7) is 4.83. The number of amides is 2. The van der Waals surface area contributed by atoms with Crippen molar-refractivity contribution in [1.82, 2.24) is 15.2 Å². The molecule has 0 aliphatic carbocycles. The van der Waals surface area contributed by atoms with E-state index >= 15 is 0 Å². The molecule has 1 aromatic heterocycles. The van der Waals surface area contributed by atoms with E-state index in [-0.39, 0.29) is 18.2 Å². The normalized spacial score (nSPS) is 25.6. The molecule has 27 heavy (non-hydrogen) atoms. The molecule has 1 aromatic rings. The van der Waals surface area contributed by atoms with Crippen LogP contribution in [-0.4, -0.2) is 67.5 Å². The van der Waals surface area contributed by atoms with Gasteiger partial charge in [-0.3, -0.25) is 0 Å².